The highest BCUT2D eigenvalue weighted by molar-refractivity contribution is 5.94. The molecule has 17 heavy (non-hydrogen) atoms. The van der Waals surface area contributed by atoms with Gasteiger partial charge in [0, 0.05) is 18.2 Å². The number of carbonyl (C=O) groups is 1. The summed E-state index contributed by atoms with van der Waals surface area (Å²) in [7, 11) is 1.68. The number of nitrogens with zero attached hydrogens (tertiary/aromatic N) is 1. The fourth-order valence-corrected chi connectivity index (χ4v) is 1.83. The Morgan fingerprint density at radius 1 is 1.24 bits per heavy atom. The number of hydrogen-bond acceptors (Lipinski definition) is 3. The normalized spacial score (nSPS) is 10.5. The molecule has 88 valence electrons. The van der Waals surface area contributed by atoms with Gasteiger partial charge in [0.15, 0.2) is 5.78 Å². The third-order valence-electron chi connectivity index (χ3n) is 2.76. The first-order valence-electron chi connectivity index (χ1n) is 5.29. The molecule has 0 fully saturated rings. The van der Waals surface area contributed by atoms with Gasteiger partial charge >= 0.3 is 5.63 Å². The first-order chi connectivity index (χ1) is 8.00. The molecule has 0 spiro atoms. The van der Waals surface area contributed by atoms with E-state index in [1.54, 1.807) is 26.1 Å². The Morgan fingerprint density at radius 2 is 1.82 bits per heavy atom. The SMILES string of the molecule is CC(=O)c1ccc(-c2c(C)c(=O)on2C)cc1. The summed E-state index contributed by atoms with van der Waals surface area (Å²) >= 11 is 0. The first kappa shape index (κ1) is 11.4. The summed E-state index contributed by atoms with van der Waals surface area (Å²) in [5.41, 5.74) is 2.49. The van der Waals surface area contributed by atoms with Gasteiger partial charge < -0.3 is 4.52 Å². The van der Waals surface area contributed by atoms with Crippen LogP contribution in [0.25, 0.3) is 11.3 Å². The molecular weight excluding hydrogens is 218 g/mol. The molecule has 2 aromatic rings. The molecule has 0 unspecified atom stereocenters. The molecule has 0 radical (unpaired) electrons. The van der Waals surface area contributed by atoms with Crippen molar-refractivity contribution in [2.45, 2.75) is 13.8 Å². The molecule has 1 aromatic carbocycles. The summed E-state index contributed by atoms with van der Waals surface area (Å²) in [4.78, 5) is 22.5. The lowest BCUT2D eigenvalue weighted by Gasteiger charge is -2.03. The van der Waals surface area contributed by atoms with Crippen molar-refractivity contribution in [3.05, 3.63) is 45.8 Å². The van der Waals surface area contributed by atoms with Crippen molar-refractivity contribution < 1.29 is 9.32 Å². The van der Waals surface area contributed by atoms with Crippen LogP contribution < -0.4 is 5.63 Å². The van der Waals surface area contributed by atoms with Gasteiger partial charge in [0.1, 0.15) is 0 Å². The molecule has 0 N–H and O–H groups in total. The minimum Gasteiger partial charge on any atom is -0.336 e. The first-order valence-corrected chi connectivity index (χ1v) is 5.29. The van der Waals surface area contributed by atoms with E-state index in [2.05, 4.69) is 0 Å². The van der Waals surface area contributed by atoms with Crippen LogP contribution in [0.5, 0.6) is 0 Å². The largest absolute Gasteiger partial charge is 0.361 e. The number of hydrogen-bond donors (Lipinski definition) is 0. The summed E-state index contributed by atoms with van der Waals surface area (Å²) in [6.07, 6.45) is 0. The van der Waals surface area contributed by atoms with E-state index in [9.17, 15) is 9.59 Å². The third kappa shape index (κ3) is 1.93. The summed E-state index contributed by atoms with van der Waals surface area (Å²) < 4.78 is 6.42. The molecule has 0 bridgehead atoms. The summed E-state index contributed by atoms with van der Waals surface area (Å²) in [5, 5.41) is 0. The topological polar surface area (TPSA) is 52.2 Å². The van der Waals surface area contributed by atoms with Crippen LogP contribution in [0, 0.1) is 6.92 Å². The number of aromatic nitrogens is 1. The number of Topliss-reactive ketones (excluding diaryl/α,β-unsaturated/α-hetero) is 1. The second-order valence-corrected chi connectivity index (χ2v) is 3.98. The smallest absolute Gasteiger partial charge is 0.336 e. The van der Waals surface area contributed by atoms with Crippen LogP contribution in [0.2, 0.25) is 0 Å². The zero-order valence-corrected chi connectivity index (χ0v) is 9.98. The maximum atomic E-state index is 11.4. The zero-order chi connectivity index (χ0) is 12.6. The maximum Gasteiger partial charge on any atom is 0.361 e. The van der Waals surface area contributed by atoms with E-state index < -0.39 is 0 Å². The molecule has 0 aliphatic heterocycles. The summed E-state index contributed by atoms with van der Waals surface area (Å²) in [6.45, 7) is 3.24. The van der Waals surface area contributed by atoms with Gasteiger partial charge in [-0.3, -0.25) is 4.79 Å². The van der Waals surface area contributed by atoms with Gasteiger partial charge in [0.05, 0.1) is 11.3 Å². The molecule has 0 aliphatic rings. The standard InChI is InChI=1S/C13H13NO3/c1-8-12(14(3)17-13(8)16)11-6-4-10(5-7-11)9(2)15/h4-7H,1-3H3. The zero-order valence-electron chi connectivity index (χ0n) is 9.98. The fraction of sp³-hybridized carbons (Fsp3) is 0.231. The average molecular weight is 231 g/mol. The van der Waals surface area contributed by atoms with E-state index >= 15 is 0 Å². The van der Waals surface area contributed by atoms with Crippen molar-refractivity contribution >= 4 is 5.78 Å². The van der Waals surface area contributed by atoms with Gasteiger partial charge in [-0.2, -0.15) is 0 Å². The lowest BCUT2D eigenvalue weighted by atomic mass is 10.0. The lowest BCUT2D eigenvalue weighted by Crippen LogP contribution is -1.96. The molecule has 0 amide bonds. The van der Waals surface area contributed by atoms with E-state index in [1.165, 1.54) is 11.7 Å². The minimum absolute atomic E-state index is 0.0226. The van der Waals surface area contributed by atoms with Crippen LogP contribution in [0.1, 0.15) is 22.8 Å². The Labute approximate surface area is 98.4 Å². The van der Waals surface area contributed by atoms with E-state index in [0.29, 0.717) is 11.1 Å². The fourth-order valence-electron chi connectivity index (χ4n) is 1.83. The minimum atomic E-state index is -0.335. The van der Waals surface area contributed by atoms with Gasteiger partial charge in [0.2, 0.25) is 0 Å². The van der Waals surface area contributed by atoms with Crippen molar-refractivity contribution in [3.8, 4) is 11.3 Å². The summed E-state index contributed by atoms with van der Waals surface area (Å²) in [5.74, 6) is 0.0226. The molecule has 1 aromatic heterocycles. The highest BCUT2D eigenvalue weighted by Gasteiger charge is 2.12. The number of aryl methyl sites for hydroxylation is 1. The van der Waals surface area contributed by atoms with Crippen LogP contribution >= 0.6 is 0 Å². The second kappa shape index (κ2) is 4.05. The molecule has 0 saturated heterocycles. The summed E-state index contributed by atoms with van der Waals surface area (Å²) in [6, 6.07) is 7.12. The van der Waals surface area contributed by atoms with Gasteiger partial charge in [-0.25, -0.2) is 9.53 Å². The highest BCUT2D eigenvalue weighted by atomic mass is 16.5. The maximum absolute atomic E-state index is 11.4. The number of rotatable bonds is 2. The predicted molar refractivity (Wildman–Crippen MR) is 64.1 cm³/mol. The Balaban J connectivity index is 2.54. The van der Waals surface area contributed by atoms with Crippen molar-refractivity contribution in [1.82, 2.24) is 4.74 Å². The Hall–Kier alpha value is -2.10. The van der Waals surface area contributed by atoms with Crippen LogP contribution in [0.15, 0.2) is 33.6 Å². The predicted octanol–water partition coefficient (Wildman–Crippen LogP) is 2.16. The third-order valence-corrected chi connectivity index (χ3v) is 2.76. The highest BCUT2D eigenvalue weighted by Crippen LogP contribution is 2.21. The van der Waals surface area contributed by atoms with Crippen LogP contribution in [-0.2, 0) is 7.05 Å². The number of carbonyl (C=O) groups excluding carboxylic acids is 1. The molecule has 4 nitrogen and oxygen atoms in total. The Bertz CT molecular complexity index is 617. The van der Waals surface area contributed by atoms with Gasteiger partial charge in [-0.05, 0) is 13.8 Å². The quantitative estimate of drug-likeness (QED) is 0.744. The van der Waals surface area contributed by atoms with Crippen molar-refractivity contribution in [2.75, 3.05) is 0 Å². The van der Waals surface area contributed by atoms with Gasteiger partial charge in [-0.1, -0.05) is 24.3 Å². The molecule has 2 rings (SSSR count). The van der Waals surface area contributed by atoms with Crippen molar-refractivity contribution in [1.29, 1.82) is 0 Å². The monoisotopic (exact) mass is 231 g/mol. The molecular formula is C13H13NO3. The van der Waals surface area contributed by atoms with Gasteiger partial charge in [-0.15, -0.1) is 0 Å². The number of ketones is 1. The second-order valence-electron chi connectivity index (χ2n) is 3.98. The Morgan fingerprint density at radius 3 is 2.24 bits per heavy atom. The van der Waals surface area contributed by atoms with Crippen LogP contribution in [0.3, 0.4) is 0 Å². The van der Waals surface area contributed by atoms with Crippen LogP contribution in [-0.4, -0.2) is 10.5 Å². The van der Waals surface area contributed by atoms with E-state index in [4.69, 9.17) is 4.52 Å². The van der Waals surface area contributed by atoms with Gasteiger partial charge in [0.25, 0.3) is 0 Å². The lowest BCUT2D eigenvalue weighted by molar-refractivity contribution is 0.101. The molecule has 0 atom stereocenters. The van der Waals surface area contributed by atoms with Crippen molar-refractivity contribution in [2.24, 2.45) is 7.05 Å². The van der Waals surface area contributed by atoms with E-state index in [0.717, 1.165) is 11.3 Å². The van der Waals surface area contributed by atoms with Crippen molar-refractivity contribution in [3.63, 3.8) is 0 Å². The molecule has 1 heterocycles. The molecule has 4 heteroatoms. The van der Waals surface area contributed by atoms with E-state index in [1.807, 2.05) is 12.1 Å². The van der Waals surface area contributed by atoms with Crippen LogP contribution in [0.4, 0.5) is 0 Å². The Kier molecular flexibility index (Phi) is 2.71. The number of benzene rings is 1. The van der Waals surface area contributed by atoms with E-state index in [-0.39, 0.29) is 11.4 Å². The average Bonchev–Trinajstić information content (AvgIpc) is 2.53. The molecule has 0 aliphatic carbocycles. The molecule has 0 saturated carbocycles.